The predicted molar refractivity (Wildman–Crippen MR) is 82.0 cm³/mol. The Morgan fingerprint density at radius 3 is 3.05 bits per heavy atom. The largest absolute Gasteiger partial charge is 0.475 e. The molecular weight excluding hydrogens is 310 g/mol. The number of rotatable bonds is 4. The lowest BCUT2D eigenvalue weighted by Crippen LogP contribution is -2.24. The fourth-order valence-corrected chi connectivity index (χ4v) is 3.68. The first-order chi connectivity index (χ1) is 10.1. The van der Waals surface area contributed by atoms with E-state index in [4.69, 9.17) is 21.1 Å². The molecule has 0 radical (unpaired) electrons. The highest BCUT2D eigenvalue weighted by molar-refractivity contribution is 7.99. The van der Waals surface area contributed by atoms with Crippen LogP contribution in [0.25, 0.3) is 0 Å². The van der Waals surface area contributed by atoms with E-state index in [1.807, 2.05) is 30.0 Å². The maximum Gasteiger partial charge on any atom is 0.371 e. The molecule has 1 unspecified atom stereocenters. The van der Waals surface area contributed by atoms with Crippen LogP contribution in [0.1, 0.15) is 34.3 Å². The third-order valence-corrected chi connectivity index (χ3v) is 4.76. The Hall–Kier alpha value is -1.43. The van der Waals surface area contributed by atoms with Crippen LogP contribution in [-0.2, 0) is 6.54 Å². The van der Waals surface area contributed by atoms with Gasteiger partial charge < -0.3 is 14.8 Å². The summed E-state index contributed by atoms with van der Waals surface area (Å²) in [7, 11) is 0. The summed E-state index contributed by atoms with van der Waals surface area (Å²) in [5, 5.41) is 13.0. The fourth-order valence-electron chi connectivity index (χ4n) is 2.39. The normalized spacial score (nSPS) is 17.5. The quantitative estimate of drug-likeness (QED) is 0.891. The second-order valence-corrected chi connectivity index (χ2v) is 6.40. The van der Waals surface area contributed by atoms with Crippen molar-refractivity contribution in [2.45, 2.75) is 23.9 Å². The molecule has 0 amide bonds. The van der Waals surface area contributed by atoms with Crippen molar-refractivity contribution in [3.63, 3.8) is 0 Å². The van der Waals surface area contributed by atoms with Gasteiger partial charge in [0.05, 0.1) is 6.54 Å². The molecule has 21 heavy (non-hydrogen) atoms. The van der Waals surface area contributed by atoms with Gasteiger partial charge in [-0.15, -0.1) is 11.8 Å². The molecule has 2 heterocycles. The van der Waals surface area contributed by atoms with E-state index in [1.165, 1.54) is 16.5 Å². The average Bonchev–Trinajstić information content (AvgIpc) is 2.94. The molecule has 1 aromatic heterocycles. The summed E-state index contributed by atoms with van der Waals surface area (Å²) in [6.07, 6.45) is 1.00. The molecule has 0 aliphatic carbocycles. The molecular formula is C15H14ClNO3S. The first kappa shape index (κ1) is 14.5. The molecule has 110 valence electrons. The van der Waals surface area contributed by atoms with Crippen LogP contribution in [0.3, 0.4) is 0 Å². The molecule has 0 fully saturated rings. The molecule has 6 heteroatoms. The number of furan rings is 1. The lowest BCUT2D eigenvalue weighted by molar-refractivity contribution is 0.0660. The number of fused-ring (bicyclic) bond motifs is 1. The van der Waals surface area contributed by atoms with Crippen LogP contribution >= 0.6 is 23.4 Å². The van der Waals surface area contributed by atoms with E-state index in [9.17, 15) is 4.79 Å². The van der Waals surface area contributed by atoms with Crippen molar-refractivity contribution in [1.29, 1.82) is 0 Å². The minimum atomic E-state index is -1.05. The van der Waals surface area contributed by atoms with E-state index < -0.39 is 5.97 Å². The van der Waals surface area contributed by atoms with Gasteiger partial charge in [0.15, 0.2) is 0 Å². The Morgan fingerprint density at radius 2 is 2.29 bits per heavy atom. The van der Waals surface area contributed by atoms with Crippen LogP contribution in [0.15, 0.2) is 39.6 Å². The highest BCUT2D eigenvalue weighted by Gasteiger charge is 2.21. The molecule has 3 rings (SSSR count). The summed E-state index contributed by atoms with van der Waals surface area (Å²) >= 11 is 7.91. The number of halogens is 1. The number of thioether (sulfide) groups is 1. The van der Waals surface area contributed by atoms with E-state index in [0.29, 0.717) is 12.3 Å². The zero-order chi connectivity index (χ0) is 14.8. The molecule has 0 spiro atoms. The van der Waals surface area contributed by atoms with Gasteiger partial charge in [-0.25, -0.2) is 4.79 Å². The maximum absolute atomic E-state index is 10.8. The number of carboxylic acid groups (broad SMARTS) is 1. The van der Waals surface area contributed by atoms with Gasteiger partial charge in [0, 0.05) is 16.0 Å². The highest BCUT2D eigenvalue weighted by atomic mass is 35.5. The van der Waals surface area contributed by atoms with E-state index in [1.54, 1.807) is 6.07 Å². The second-order valence-electron chi connectivity index (χ2n) is 4.82. The van der Waals surface area contributed by atoms with E-state index in [-0.39, 0.29) is 11.8 Å². The van der Waals surface area contributed by atoms with Crippen LogP contribution in [0.2, 0.25) is 5.02 Å². The Kier molecular flexibility index (Phi) is 4.24. The Balaban J connectivity index is 1.71. The van der Waals surface area contributed by atoms with Gasteiger partial charge >= 0.3 is 5.97 Å². The van der Waals surface area contributed by atoms with Crippen molar-refractivity contribution in [1.82, 2.24) is 5.32 Å². The van der Waals surface area contributed by atoms with Crippen molar-refractivity contribution < 1.29 is 14.3 Å². The molecule has 1 aliphatic rings. The Labute approximate surface area is 131 Å². The summed E-state index contributed by atoms with van der Waals surface area (Å²) in [5.74, 6) is 0.585. The molecule has 1 aromatic carbocycles. The SMILES string of the molecule is O=C(O)c1ccc(CNC2CCSc3ccc(Cl)cc32)o1. The van der Waals surface area contributed by atoms with Crippen LogP contribution in [0, 0.1) is 0 Å². The number of benzene rings is 1. The minimum Gasteiger partial charge on any atom is -0.475 e. The van der Waals surface area contributed by atoms with Gasteiger partial charge in [-0.2, -0.15) is 0 Å². The number of nitrogens with one attached hydrogen (secondary N) is 1. The van der Waals surface area contributed by atoms with Gasteiger partial charge in [0.2, 0.25) is 5.76 Å². The van der Waals surface area contributed by atoms with Crippen LogP contribution in [0.5, 0.6) is 0 Å². The average molecular weight is 324 g/mol. The van der Waals surface area contributed by atoms with Crippen molar-refractivity contribution >= 4 is 29.3 Å². The molecule has 0 saturated carbocycles. The summed E-state index contributed by atoms with van der Waals surface area (Å²) in [6.45, 7) is 0.495. The zero-order valence-corrected chi connectivity index (χ0v) is 12.7. The minimum absolute atomic E-state index is 0.0329. The number of carbonyl (C=O) groups is 1. The summed E-state index contributed by atoms with van der Waals surface area (Å²) in [4.78, 5) is 12.0. The standard InChI is InChI=1S/C15H14ClNO3S/c16-9-1-4-14-11(7-9)12(5-6-21-14)17-8-10-2-3-13(20-10)15(18)19/h1-4,7,12,17H,5-6,8H2,(H,18,19). The number of hydrogen-bond acceptors (Lipinski definition) is 4. The molecule has 2 aromatic rings. The van der Waals surface area contributed by atoms with Crippen LogP contribution in [-0.4, -0.2) is 16.8 Å². The topological polar surface area (TPSA) is 62.5 Å². The molecule has 4 nitrogen and oxygen atoms in total. The maximum atomic E-state index is 10.8. The Bertz CT molecular complexity index is 671. The summed E-state index contributed by atoms with van der Waals surface area (Å²) in [6, 6.07) is 9.31. The molecule has 0 saturated heterocycles. The van der Waals surface area contributed by atoms with Gasteiger partial charge in [-0.3, -0.25) is 0 Å². The second kappa shape index (κ2) is 6.13. The van der Waals surface area contributed by atoms with E-state index in [0.717, 1.165) is 17.2 Å². The predicted octanol–water partition coefficient (Wildman–Crippen LogP) is 3.96. The molecule has 0 bridgehead atoms. The van der Waals surface area contributed by atoms with Gasteiger partial charge in [0.25, 0.3) is 0 Å². The first-order valence-electron chi connectivity index (χ1n) is 6.61. The number of hydrogen-bond donors (Lipinski definition) is 2. The molecule has 1 aliphatic heterocycles. The van der Waals surface area contributed by atoms with E-state index in [2.05, 4.69) is 5.32 Å². The van der Waals surface area contributed by atoms with Crippen LogP contribution < -0.4 is 5.32 Å². The zero-order valence-electron chi connectivity index (χ0n) is 11.1. The summed E-state index contributed by atoms with van der Waals surface area (Å²) < 4.78 is 5.25. The van der Waals surface area contributed by atoms with Crippen molar-refractivity contribution in [2.75, 3.05) is 5.75 Å². The van der Waals surface area contributed by atoms with Gasteiger partial charge in [-0.1, -0.05) is 11.6 Å². The smallest absolute Gasteiger partial charge is 0.371 e. The van der Waals surface area contributed by atoms with Crippen LogP contribution in [0.4, 0.5) is 0 Å². The van der Waals surface area contributed by atoms with Crippen molar-refractivity contribution in [2.24, 2.45) is 0 Å². The monoisotopic (exact) mass is 323 g/mol. The number of carboxylic acids is 1. The first-order valence-corrected chi connectivity index (χ1v) is 7.97. The lowest BCUT2D eigenvalue weighted by Gasteiger charge is -2.26. The third kappa shape index (κ3) is 3.26. The fraction of sp³-hybridized carbons (Fsp3) is 0.267. The van der Waals surface area contributed by atoms with E-state index >= 15 is 0 Å². The van der Waals surface area contributed by atoms with Crippen molar-refractivity contribution in [3.05, 3.63) is 52.4 Å². The van der Waals surface area contributed by atoms with Gasteiger partial charge in [0.1, 0.15) is 5.76 Å². The molecule has 1 atom stereocenters. The Morgan fingerprint density at radius 1 is 1.43 bits per heavy atom. The summed E-state index contributed by atoms with van der Waals surface area (Å²) in [5.41, 5.74) is 1.20. The third-order valence-electron chi connectivity index (χ3n) is 3.41. The highest BCUT2D eigenvalue weighted by Crippen LogP contribution is 2.37. The van der Waals surface area contributed by atoms with Gasteiger partial charge in [-0.05, 0) is 48.1 Å². The molecule has 2 N–H and O–H groups in total. The number of aromatic carboxylic acids is 1. The lowest BCUT2D eigenvalue weighted by atomic mass is 10.0. The van der Waals surface area contributed by atoms with Crippen molar-refractivity contribution in [3.8, 4) is 0 Å².